The molecule has 0 saturated carbocycles. The molecule has 0 fully saturated rings. The molecule has 0 aliphatic heterocycles. The first-order chi connectivity index (χ1) is 8.94. The van der Waals surface area contributed by atoms with Crippen molar-refractivity contribution in [3.63, 3.8) is 0 Å². The van der Waals surface area contributed by atoms with Crippen molar-refractivity contribution in [1.82, 2.24) is 15.0 Å². The molecular weight excluding hydrogens is 285 g/mol. The average Bonchev–Trinajstić information content (AvgIpc) is 2.33. The minimum atomic E-state index is -4.77. The summed E-state index contributed by atoms with van der Waals surface area (Å²) in [7, 11) is 0. The average molecular weight is 291 g/mol. The van der Waals surface area contributed by atoms with E-state index in [2.05, 4.69) is 25.0 Å². The standard InChI is InChI=1S/C10H6ClF3N4O/c11-8-9(16-4-3-15-8)18-6-1-2-7(17-5-6)19-10(12,13)14/h1-5H,(H,16,18). The molecule has 0 radical (unpaired) electrons. The number of nitrogens with one attached hydrogen (secondary N) is 1. The Morgan fingerprint density at radius 3 is 2.42 bits per heavy atom. The smallest absolute Gasteiger partial charge is 0.388 e. The number of nitrogens with zero attached hydrogens (tertiary/aromatic N) is 3. The lowest BCUT2D eigenvalue weighted by atomic mass is 10.4. The van der Waals surface area contributed by atoms with Gasteiger partial charge >= 0.3 is 6.36 Å². The van der Waals surface area contributed by atoms with Gasteiger partial charge in [0, 0.05) is 18.5 Å². The maximum atomic E-state index is 11.9. The molecule has 0 bridgehead atoms. The summed E-state index contributed by atoms with van der Waals surface area (Å²) in [5.41, 5.74) is 0.400. The van der Waals surface area contributed by atoms with Gasteiger partial charge in [-0.15, -0.1) is 13.2 Å². The van der Waals surface area contributed by atoms with E-state index in [-0.39, 0.29) is 11.0 Å². The highest BCUT2D eigenvalue weighted by Crippen LogP contribution is 2.23. The third kappa shape index (κ3) is 3.95. The van der Waals surface area contributed by atoms with Gasteiger partial charge < -0.3 is 10.1 Å². The summed E-state index contributed by atoms with van der Waals surface area (Å²) >= 11 is 5.76. The first kappa shape index (κ1) is 13.3. The van der Waals surface area contributed by atoms with Crippen LogP contribution in [-0.2, 0) is 0 Å². The third-order valence-electron chi connectivity index (χ3n) is 1.87. The molecule has 0 atom stereocenters. The Kier molecular flexibility index (Phi) is 3.70. The van der Waals surface area contributed by atoms with Crippen LogP contribution in [-0.4, -0.2) is 21.3 Å². The fourth-order valence-electron chi connectivity index (χ4n) is 1.17. The number of pyridine rings is 1. The molecule has 0 aliphatic rings. The van der Waals surface area contributed by atoms with E-state index in [1.54, 1.807) is 0 Å². The van der Waals surface area contributed by atoms with Gasteiger partial charge in [-0.05, 0) is 6.07 Å². The summed E-state index contributed by atoms with van der Waals surface area (Å²) in [6.45, 7) is 0. The quantitative estimate of drug-likeness (QED) is 0.941. The summed E-state index contributed by atoms with van der Waals surface area (Å²) in [5, 5.41) is 2.89. The van der Waals surface area contributed by atoms with Gasteiger partial charge in [0.1, 0.15) is 0 Å². The van der Waals surface area contributed by atoms with E-state index in [4.69, 9.17) is 11.6 Å². The van der Waals surface area contributed by atoms with Crippen LogP contribution in [0.15, 0.2) is 30.7 Å². The monoisotopic (exact) mass is 290 g/mol. The summed E-state index contributed by atoms with van der Waals surface area (Å²) in [6, 6.07) is 2.42. The fraction of sp³-hybridized carbons (Fsp3) is 0.100. The molecule has 2 rings (SSSR count). The van der Waals surface area contributed by atoms with Crippen molar-refractivity contribution >= 4 is 23.1 Å². The molecule has 19 heavy (non-hydrogen) atoms. The highest BCUT2D eigenvalue weighted by molar-refractivity contribution is 6.31. The number of ether oxygens (including phenoxy) is 1. The van der Waals surface area contributed by atoms with Crippen LogP contribution in [0.5, 0.6) is 5.88 Å². The van der Waals surface area contributed by atoms with Gasteiger partial charge in [-0.25, -0.2) is 15.0 Å². The van der Waals surface area contributed by atoms with Gasteiger partial charge in [0.05, 0.1) is 11.9 Å². The predicted octanol–water partition coefficient (Wildman–Crippen LogP) is 3.17. The van der Waals surface area contributed by atoms with Crippen LogP contribution in [0.25, 0.3) is 0 Å². The summed E-state index contributed by atoms with van der Waals surface area (Å²) in [5.74, 6) is -0.279. The van der Waals surface area contributed by atoms with E-state index < -0.39 is 12.2 Å². The molecule has 5 nitrogen and oxygen atoms in total. The Hall–Kier alpha value is -2.09. The predicted molar refractivity (Wildman–Crippen MR) is 61.2 cm³/mol. The zero-order chi connectivity index (χ0) is 13.9. The van der Waals surface area contributed by atoms with Gasteiger partial charge in [-0.3, -0.25) is 0 Å². The molecule has 100 valence electrons. The second-order valence-corrected chi connectivity index (χ2v) is 3.61. The molecule has 0 aromatic carbocycles. The Labute approximate surface area is 110 Å². The summed E-state index contributed by atoms with van der Waals surface area (Å²) < 4.78 is 39.4. The van der Waals surface area contributed by atoms with Gasteiger partial charge in [-0.2, -0.15) is 0 Å². The summed E-state index contributed by atoms with van der Waals surface area (Å²) in [6.07, 6.45) is -0.781. The van der Waals surface area contributed by atoms with Crippen molar-refractivity contribution in [1.29, 1.82) is 0 Å². The molecule has 1 N–H and O–H groups in total. The Bertz CT molecular complexity index is 561. The maximum Gasteiger partial charge on any atom is 0.574 e. The highest BCUT2D eigenvalue weighted by Gasteiger charge is 2.31. The van der Waals surface area contributed by atoms with Crippen molar-refractivity contribution in [2.45, 2.75) is 6.36 Å². The molecule has 0 amide bonds. The number of rotatable bonds is 3. The molecular formula is C10H6ClF3N4O. The van der Waals surface area contributed by atoms with E-state index in [1.807, 2.05) is 0 Å². The number of anilines is 2. The molecule has 0 spiro atoms. The van der Waals surface area contributed by atoms with Crippen molar-refractivity contribution in [2.24, 2.45) is 0 Å². The second kappa shape index (κ2) is 5.27. The minimum absolute atomic E-state index is 0.137. The lowest BCUT2D eigenvalue weighted by Crippen LogP contribution is -2.17. The largest absolute Gasteiger partial charge is 0.574 e. The second-order valence-electron chi connectivity index (χ2n) is 3.25. The molecule has 0 unspecified atom stereocenters. The number of aromatic nitrogens is 3. The van der Waals surface area contributed by atoms with Crippen LogP contribution in [0.4, 0.5) is 24.7 Å². The first-order valence-corrected chi connectivity index (χ1v) is 5.27. The Morgan fingerprint density at radius 2 is 1.84 bits per heavy atom. The first-order valence-electron chi connectivity index (χ1n) is 4.89. The molecule has 0 aliphatic carbocycles. The van der Waals surface area contributed by atoms with Gasteiger partial charge in [-0.1, -0.05) is 11.6 Å². The SMILES string of the molecule is FC(F)(F)Oc1ccc(Nc2nccnc2Cl)cn1. The highest BCUT2D eigenvalue weighted by atomic mass is 35.5. The van der Waals surface area contributed by atoms with E-state index >= 15 is 0 Å². The zero-order valence-corrected chi connectivity index (χ0v) is 9.90. The van der Waals surface area contributed by atoms with Crippen LogP contribution in [0, 0.1) is 0 Å². The van der Waals surface area contributed by atoms with Gasteiger partial charge in [0.25, 0.3) is 0 Å². The van der Waals surface area contributed by atoms with Gasteiger partial charge in [0.2, 0.25) is 5.88 Å². The van der Waals surface area contributed by atoms with Crippen LogP contribution in [0.2, 0.25) is 5.15 Å². The number of hydrogen-bond acceptors (Lipinski definition) is 5. The van der Waals surface area contributed by atoms with Crippen LogP contribution in [0.1, 0.15) is 0 Å². The van der Waals surface area contributed by atoms with Gasteiger partial charge in [0.15, 0.2) is 11.0 Å². The lowest BCUT2D eigenvalue weighted by molar-refractivity contribution is -0.276. The third-order valence-corrected chi connectivity index (χ3v) is 2.15. The normalized spacial score (nSPS) is 11.2. The van der Waals surface area contributed by atoms with Crippen molar-refractivity contribution in [3.8, 4) is 5.88 Å². The molecule has 2 aromatic rings. The van der Waals surface area contributed by atoms with Crippen LogP contribution in [0.3, 0.4) is 0 Å². The van der Waals surface area contributed by atoms with Crippen molar-refractivity contribution in [2.75, 3.05) is 5.32 Å². The lowest BCUT2D eigenvalue weighted by Gasteiger charge is -2.09. The maximum absolute atomic E-state index is 11.9. The van der Waals surface area contributed by atoms with E-state index in [9.17, 15) is 13.2 Å². The van der Waals surface area contributed by atoms with Crippen LogP contribution >= 0.6 is 11.6 Å². The molecule has 2 aromatic heterocycles. The van der Waals surface area contributed by atoms with E-state index in [0.29, 0.717) is 5.69 Å². The molecule has 0 saturated heterocycles. The van der Waals surface area contributed by atoms with E-state index in [0.717, 1.165) is 12.3 Å². The Morgan fingerprint density at radius 1 is 1.11 bits per heavy atom. The Balaban J connectivity index is 2.09. The number of alkyl halides is 3. The van der Waals surface area contributed by atoms with Crippen molar-refractivity contribution < 1.29 is 17.9 Å². The van der Waals surface area contributed by atoms with E-state index in [1.165, 1.54) is 18.5 Å². The van der Waals surface area contributed by atoms with Crippen molar-refractivity contribution in [3.05, 3.63) is 35.9 Å². The topological polar surface area (TPSA) is 59.9 Å². The summed E-state index contributed by atoms with van der Waals surface area (Å²) in [4.78, 5) is 11.2. The molecule has 9 heteroatoms. The fourth-order valence-corrected chi connectivity index (χ4v) is 1.33. The minimum Gasteiger partial charge on any atom is -0.388 e. The number of hydrogen-bond donors (Lipinski definition) is 1. The number of halogens is 4. The molecule has 2 heterocycles. The zero-order valence-electron chi connectivity index (χ0n) is 9.15. The van der Waals surface area contributed by atoms with Crippen LogP contribution < -0.4 is 10.1 Å².